The number of nitrogens with one attached hydrogen (secondary N) is 1. The molecule has 0 fully saturated rings. The zero-order valence-electron chi connectivity index (χ0n) is 18.3. The van der Waals surface area contributed by atoms with Crippen LogP contribution in [0.25, 0.3) is 0 Å². The summed E-state index contributed by atoms with van der Waals surface area (Å²) in [5, 5.41) is 4.00. The van der Waals surface area contributed by atoms with E-state index >= 15 is 0 Å². The molecule has 0 aliphatic carbocycles. The largest absolute Gasteiger partial charge is 0.350 e. The van der Waals surface area contributed by atoms with Crippen molar-refractivity contribution in [3.05, 3.63) is 69.2 Å². The molecule has 0 heterocycles. The van der Waals surface area contributed by atoms with Crippen LogP contribution < -0.4 is 5.32 Å². The number of nitrogens with zero attached hydrogens (tertiary/aromatic N) is 1. The third-order valence-electron chi connectivity index (χ3n) is 4.72. The first-order chi connectivity index (χ1) is 14.0. The molecule has 2 rings (SSSR count). The van der Waals surface area contributed by atoms with Gasteiger partial charge in [0.15, 0.2) is 0 Å². The Balaban J connectivity index is 2.35. The molecule has 162 valence electrons. The van der Waals surface area contributed by atoms with Crippen molar-refractivity contribution in [2.24, 2.45) is 0 Å². The molecule has 6 heteroatoms. The van der Waals surface area contributed by atoms with Crippen LogP contribution in [0, 0.1) is 6.92 Å². The molecule has 0 aliphatic rings. The van der Waals surface area contributed by atoms with Gasteiger partial charge in [-0.05, 0) is 57.4 Å². The summed E-state index contributed by atoms with van der Waals surface area (Å²) in [6.07, 6.45) is 0.706. The highest BCUT2D eigenvalue weighted by Gasteiger charge is 2.31. The standard InChI is InChI=1S/C24H30Cl2N2O2/c1-6-21(23(30)27-24(3,4)5)28(15-18-11-12-19(25)14-20(18)26)22(29)13-17-9-7-16(2)8-10-17/h7-12,14,21H,6,13,15H2,1-5H3,(H,27,30)/t21-/m1/s1. The van der Waals surface area contributed by atoms with E-state index in [-0.39, 0.29) is 24.8 Å². The molecule has 0 saturated heterocycles. The topological polar surface area (TPSA) is 49.4 Å². The third kappa shape index (κ3) is 7.03. The third-order valence-corrected chi connectivity index (χ3v) is 5.30. The summed E-state index contributed by atoms with van der Waals surface area (Å²) >= 11 is 12.4. The van der Waals surface area contributed by atoms with Crippen molar-refractivity contribution in [2.75, 3.05) is 0 Å². The Morgan fingerprint density at radius 1 is 1.07 bits per heavy atom. The lowest BCUT2D eigenvalue weighted by atomic mass is 10.0. The number of hydrogen-bond acceptors (Lipinski definition) is 2. The second kappa shape index (κ2) is 10.3. The molecule has 0 saturated carbocycles. The maximum Gasteiger partial charge on any atom is 0.243 e. The minimum atomic E-state index is -0.603. The minimum absolute atomic E-state index is 0.124. The van der Waals surface area contributed by atoms with Crippen LogP contribution in [0.15, 0.2) is 42.5 Å². The van der Waals surface area contributed by atoms with E-state index in [0.29, 0.717) is 16.5 Å². The van der Waals surface area contributed by atoms with Crippen LogP contribution in [-0.4, -0.2) is 28.3 Å². The zero-order valence-corrected chi connectivity index (χ0v) is 19.8. The Morgan fingerprint density at radius 3 is 2.23 bits per heavy atom. The van der Waals surface area contributed by atoms with E-state index in [2.05, 4.69) is 5.32 Å². The molecular weight excluding hydrogens is 419 g/mol. The van der Waals surface area contributed by atoms with Crippen LogP contribution in [0.4, 0.5) is 0 Å². The first-order valence-electron chi connectivity index (χ1n) is 10.1. The molecule has 0 spiro atoms. The van der Waals surface area contributed by atoms with Gasteiger partial charge < -0.3 is 10.2 Å². The van der Waals surface area contributed by atoms with Crippen LogP contribution in [0.2, 0.25) is 10.0 Å². The number of carbonyl (C=O) groups is 2. The molecule has 0 aromatic heterocycles. The summed E-state index contributed by atoms with van der Waals surface area (Å²) in [5.74, 6) is -0.298. The van der Waals surface area contributed by atoms with Crippen molar-refractivity contribution in [1.29, 1.82) is 0 Å². The number of halogens is 2. The molecule has 0 radical (unpaired) electrons. The summed E-state index contributed by atoms with van der Waals surface area (Å²) in [4.78, 5) is 28.0. The lowest BCUT2D eigenvalue weighted by molar-refractivity contribution is -0.141. The van der Waals surface area contributed by atoms with Gasteiger partial charge in [-0.1, -0.05) is 66.0 Å². The predicted molar refractivity (Wildman–Crippen MR) is 124 cm³/mol. The van der Waals surface area contributed by atoms with Crippen LogP contribution in [-0.2, 0) is 22.6 Å². The predicted octanol–water partition coefficient (Wildman–Crippen LogP) is 5.57. The molecule has 2 aromatic rings. The van der Waals surface area contributed by atoms with E-state index in [1.807, 2.05) is 58.9 Å². The Labute approximate surface area is 189 Å². The van der Waals surface area contributed by atoms with Crippen molar-refractivity contribution in [3.63, 3.8) is 0 Å². The Hall–Kier alpha value is -2.04. The Bertz CT molecular complexity index is 889. The van der Waals surface area contributed by atoms with E-state index in [4.69, 9.17) is 23.2 Å². The number of rotatable bonds is 7. The summed E-state index contributed by atoms with van der Waals surface area (Å²) in [6.45, 7) is 9.91. The summed E-state index contributed by atoms with van der Waals surface area (Å²) < 4.78 is 0. The van der Waals surface area contributed by atoms with Gasteiger partial charge in [0.1, 0.15) is 6.04 Å². The molecule has 1 atom stereocenters. The average molecular weight is 449 g/mol. The van der Waals surface area contributed by atoms with E-state index in [1.54, 1.807) is 23.1 Å². The molecule has 2 aromatic carbocycles. The highest BCUT2D eigenvalue weighted by Crippen LogP contribution is 2.24. The van der Waals surface area contributed by atoms with Gasteiger partial charge in [0, 0.05) is 22.1 Å². The molecule has 2 amide bonds. The second-order valence-corrected chi connectivity index (χ2v) is 9.43. The number of carbonyl (C=O) groups excluding carboxylic acids is 2. The lowest BCUT2D eigenvalue weighted by Crippen LogP contribution is -2.53. The number of hydrogen-bond donors (Lipinski definition) is 1. The van der Waals surface area contributed by atoms with E-state index in [9.17, 15) is 9.59 Å². The van der Waals surface area contributed by atoms with Gasteiger partial charge in [0.2, 0.25) is 11.8 Å². The Kier molecular flexibility index (Phi) is 8.34. The highest BCUT2D eigenvalue weighted by atomic mass is 35.5. The monoisotopic (exact) mass is 448 g/mol. The van der Waals surface area contributed by atoms with Gasteiger partial charge in [0.25, 0.3) is 0 Å². The first kappa shape index (κ1) is 24.2. The van der Waals surface area contributed by atoms with Gasteiger partial charge in [-0.15, -0.1) is 0 Å². The fourth-order valence-electron chi connectivity index (χ4n) is 3.19. The molecule has 4 nitrogen and oxygen atoms in total. The number of amides is 2. The van der Waals surface area contributed by atoms with Gasteiger partial charge in [-0.2, -0.15) is 0 Å². The average Bonchev–Trinajstić information content (AvgIpc) is 2.63. The number of aryl methyl sites for hydroxylation is 1. The van der Waals surface area contributed by atoms with Gasteiger partial charge >= 0.3 is 0 Å². The number of benzene rings is 2. The van der Waals surface area contributed by atoms with Crippen LogP contribution in [0.5, 0.6) is 0 Å². The van der Waals surface area contributed by atoms with Gasteiger partial charge in [0.05, 0.1) is 6.42 Å². The van der Waals surface area contributed by atoms with Gasteiger partial charge in [-0.25, -0.2) is 0 Å². The van der Waals surface area contributed by atoms with Crippen molar-refractivity contribution < 1.29 is 9.59 Å². The minimum Gasteiger partial charge on any atom is -0.350 e. The zero-order chi connectivity index (χ0) is 22.5. The van der Waals surface area contributed by atoms with Crippen LogP contribution in [0.1, 0.15) is 50.8 Å². The summed E-state index contributed by atoms with van der Waals surface area (Å²) in [6, 6.07) is 12.4. The maximum atomic E-state index is 13.3. The van der Waals surface area contributed by atoms with E-state index in [0.717, 1.165) is 16.7 Å². The van der Waals surface area contributed by atoms with Gasteiger partial charge in [-0.3, -0.25) is 9.59 Å². The summed E-state index contributed by atoms with van der Waals surface area (Å²) in [5.41, 5.74) is 2.39. The fraction of sp³-hybridized carbons (Fsp3) is 0.417. The fourth-order valence-corrected chi connectivity index (χ4v) is 3.66. The summed E-state index contributed by atoms with van der Waals surface area (Å²) in [7, 11) is 0. The Morgan fingerprint density at radius 2 is 1.70 bits per heavy atom. The van der Waals surface area contributed by atoms with Crippen LogP contribution in [0.3, 0.4) is 0 Å². The first-order valence-corrected chi connectivity index (χ1v) is 10.9. The highest BCUT2D eigenvalue weighted by molar-refractivity contribution is 6.35. The molecule has 0 bridgehead atoms. The maximum absolute atomic E-state index is 13.3. The molecule has 1 N–H and O–H groups in total. The molecule has 0 unspecified atom stereocenters. The van der Waals surface area contributed by atoms with Crippen molar-refractivity contribution >= 4 is 35.0 Å². The quantitative estimate of drug-likeness (QED) is 0.601. The van der Waals surface area contributed by atoms with Crippen molar-refractivity contribution in [1.82, 2.24) is 10.2 Å². The lowest BCUT2D eigenvalue weighted by Gasteiger charge is -2.33. The molecular formula is C24H30Cl2N2O2. The SMILES string of the molecule is CC[C@H](C(=O)NC(C)(C)C)N(Cc1ccc(Cl)cc1Cl)C(=O)Cc1ccc(C)cc1. The van der Waals surface area contributed by atoms with Crippen molar-refractivity contribution in [2.45, 2.75) is 65.6 Å². The van der Waals surface area contributed by atoms with Crippen LogP contribution >= 0.6 is 23.2 Å². The van der Waals surface area contributed by atoms with E-state index in [1.165, 1.54) is 0 Å². The normalized spacial score (nSPS) is 12.4. The van der Waals surface area contributed by atoms with Crippen molar-refractivity contribution in [3.8, 4) is 0 Å². The second-order valence-electron chi connectivity index (χ2n) is 8.58. The molecule has 0 aliphatic heterocycles. The van der Waals surface area contributed by atoms with E-state index < -0.39 is 11.6 Å². The molecule has 30 heavy (non-hydrogen) atoms. The smallest absolute Gasteiger partial charge is 0.243 e.